The molecule has 100 valence electrons. The minimum atomic E-state index is 0.621. The molecule has 1 fully saturated rings. The fourth-order valence-electron chi connectivity index (χ4n) is 2.77. The number of benzene rings is 1. The standard InChI is InChI=1S/C15H24N2O/c1-18-15-8-2-5-13(11-15)6-3-9-17-10-4-7-14(17)12-16/h2,5,8,11,14H,3-4,6-7,9-10,12,16H2,1H3. The molecule has 0 aliphatic carbocycles. The molecular weight excluding hydrogens is 224 g/mol. The summed E-state index contributed by atoms with van der Waals surface area (Å²) in [6, 6.07) is 8.98. The number of aryl methyl sites for hydroxylation is 1. The van der Waals surface area contributed by atoms with Gasteiger partial charge in [0.15, 0.2) is 0 Å². The average Bonchev–Trinajstić information content (AvgIpc) is 2.86. The zero-order valence-electron chi connectivity index (χ0n) is 11.3. The van der Waals surface area contributed by atoms with Crippen LogP contribution in [0.2, 0.25) is 0 Å². The summed E-state index contributed by atoms with van der Waals surface area (Å²) in [7, 11) is 1.72. The van der Waals surface area contributed by atoms with E-state index in [1.54, 1.807) is 7.11 Å². The van der Waals surface area contributed by atoms with Crippen molar-refractivity contribution in [2.75, 3.05) is 26.7 Å². The van der Waals surface area contributed by atoms with Gasteiger partial charge in [0.1, 0.15) is 5.75 Å². The van der Waals surface area contributed by atoms with Crippen LogP contribution in [0.3, 0.4) is 0 Å². The summed E-state index contributed by atoms with van der Waals surface area (Å²) in [6.45, 7) is 3.19. The lowest BCUT2D eigenvalue weighted by molar-refractivity contribution is 0.255. The van der Waals surface area contributed by atoms with Crippen LogP contribution < -0.4 is 10.5 Å². The molecule has 3 heteroatoms. The van der Waals surface area contributed by atoms with Gasteiger partial charge in [-0.15, -0.1) is 0 Å². The summed E-state index contributed by atoms with van der Waals surface area (Å²) in [6.07, 6.45) is 4.89. The fraction of sp³-hybridized carbons (Fsp3) is 0.600. The second-order valence-electron chi connectivity index (χ2n) is 5.02. The van der Waals surface area contributed by atoms with Crippen LogP contribution in [-0.2, 0) is 6.42 Å². The normalized spacial score (nSPS) is 20.2. The molecule has 0 amide bonds. The lowest BCUT2D eigenvalue weighted by Gasteiger charge is -2.22. The highest BCUT2D eigenvalue weighted by Gasteiger charge is 2.21. The quantitative estimate of drug-likeness (QED) is 0.837. The maximum absolute atomic E-state index is 5.79. The maximum atomic E-state index is 5.79. The van der Waals surface area contributed by atoms with Gasteiger partial charge < -0.3 is 10.5 Å². The third-order valence-electron chi connectivity index (χ3n) is 3.82. The van der Waals surface area contributed by atoms with Crippen LogP contribution in [0.4, 0.5) is 0 Å². The molecule has 1 heterocycles. The van der Waals surface area contributed by atoms with Crippen LogP contribution in [0.25, 0.3) is 0 Å². The minimum Gasteiger partial charge on any atom is -0.497 e. The number of methoxy groups -OCH3 is 1. The Bertz CT molecular complexity index is 367. The Morgan fingerprint density at radius 2 is 2.33 bits per heavy atom. The third-order valence-corrected chi connectivity index (χ3v) is 3.82. The molecule has 1 aliphatic heterocycles. The SMILES string of the molecule is COc1cccc(CCCN2CCCC2CN)c1. The van der Waals surface area contributed by atoms with Crippen molar-refractivity contribution >= 4 is 0 Å². The van der Waals surface area contributed by atoms with Gasteiger partial charge >= 0.3 is 0 Å². The zero-order chi connectivity index (χ0) is 12.8. The molecule has 0 bridgehead atoms. The first-order valence-electron chi connectivity index (χ1n) is 6.90. The fourth-order valence-corrected chi connectivity index (χ4v) is 2.77. The van der Waals surface area contributed by atoms with Crippen molar-refractivity contribution in [3.8, 4) is 5.75 Å². The zero-order valence-corrected chi connectivity index (χ0v) is 11.3. The summed E-state index contributed by atoms with van der Waals surface area (Å²) in [5.74, 6) is 0.952. The van der Waals surface area contributed by atoms with Crippen LogP contribution in [0, 0.1) is 0 Å². The van der Waals surface area contributed by atoms with Gasteiger partial charge in [-0.05, 0) is 56.5 Å². The molecule has 1 atom stereocenters. The first-order valence-corrected chi connectivity index (χ1v) is 6.90. The second kappa shape index (κ2) is 6.76. The van der Waals surface area contributed by atoms with E-state index in [2.05, 4.69) is 23.1 Å². The molecule has 2 rings (SSSR count). The lowest BCUT2D eigenvalue weighted by Crippen LogP contribution is -2.36. The van der Waals surface area contributed by atoms with E-state index < -0.39 is 0 Å². The number of nitrogens with two attached hydrogens (primary N) is 1. The summed E-state index contributed by atoms with van der Waals surface area (Å²) < 4.78 is 5.24. The Kier molecular flexibility index (Phi) is 5.02. The average molecular weight is 248 g/mol. The van der Waals surface area contributed by atoms with E-state index in [1.165, 1.54) is 37.9 Å². The van der Waals surface area contributed by atoms with Crippen molar-refractivity contribution in [1.29, 1.82) is 0 Å². The van der Waals surface area contributed by atoms with Crippen molar-refractivity contribution in [3.05, 3.63) is 29.8 Å². The third kappa shape index (κ3) is 3.47. The van der Waals surface area contributed by atoms with E-state index in [-0.39, 0.29) is 0 Å². The molecule has 3 nitrogen and oxygen atoms in total. The molecule has 0 spiro atoms. The Balaban J connectivity index is 1.77. The van der Waals surface area contributed by atoms with Gasteiger partial charge in [0.25, 0.3) is 0 Å². The van der Waals surface area contributed by atoms with Gasteiger partial charge in [-0.3, -0.25) is 4.90 Å². The monoisotopic (exact) mass is 248 g/mol. The molecule has 1 aromatic carbocycles. The van der Waals surface area contributed by atoms with E-state index >= 15 is 0 Å². The largest absolute Gasteiger partial charge is 0.497 e. The van der Waals surface area contributed by atoms with Crippen molar-refractivity contribution in [2.45, 2.75) is 31.7 Å². The van der Waals surface area contributed by atoms with Crippen LogP contribution in [0.5, 0.6) is 5.75 Å². The number of rotatable bonds is 6. The summed E-state index contributed by atoms with van der Waals surface area (Å²) in [5, 5.41) is 0. The van der Waals surface area contributed by atoms with Gasteiger partial charge in [0, 0.05) is 12.6 Å². The first kappa shape index (κ1) is 13.4. The number of hydrogen-bond donors (Lipinski definition) is 1. The molecule has 0 radical (unpaired) electrons. The van der Waals surface area contributed by atoms with Gasteiger partial charge in [-0.25, -0.2) is 0 Å². The van der Waals surface area contributed by atoms with Crippen molar-refractivity contribution in [3.63, 3.8) is 0 Å². The van der Waals surface area contributed by atoms with E-state index in [9.17, 15) is 0 Å². The molecule has 0 aromatic heterocycles. The highest BCUT2D eigenvalue weighted by Crippen LogP contribution is 2.18. The molecule has 0 saturated carbocycles. The predicted molar refractivity (Wildman–Crippen MR) is 75.0 cm³/mol. The van der Waals surface area contributed by atoms with Crippen LogP contribution in [-0.4, -0.2) is 37.7 Å². The number of likely N-dealkylation sites (tertiary alicyclic amines) is 1. The van der Waals surface area contributed by atoms with Gasteiger partial charge in [0.2, 0.25) is 0 Å². The van der Waals surface area contributed by atoms with E-state index in [0.717, 1.165) is 18.7 Å². The van der Waals surface area contributed by atoms with Gasteiger partial charge in [-0.1, -0.05) is 12.1 Å². The van der Waals surface area contributed by atoms with Gasteiger partial charge in [0.05, 0.1) is 7.11 Å². The Labute approximate surface area is 110 Å². The summed E-state index contributed by atoms with van der Waals surface area (Å²) >= 11 is 0. The minimum absolute atomic E-state index is 0.621. The molecule has 1 saturated heterocycles. The van der Waals surface area contributed by atoms with E-state index in [1.807, 2.05) is 6.07 Å². The molecule has 2 N–H and O–H groups in total. The highest BCUT2D eigenvalue weighted by atomic mass is 16.5. The van der Waals surface area contributed by atoms with Gasteiger partial charge in [-0.2, -0.15) is 0 Å². The summed E-state index contributed by atoms with van der Waals surface area (Å²) in [4.78, 5) is 2.54. The van der Waals surface area contributed by atoms with Crippen LogP contribution >= 0.6 is 0 Å². The maximum Gasteiger partial charge on any atom is 0.119 e. The Morgan fingerprint density at radius 1 is 1.44 bits per heavy atom. The van der Waals surface area contributed by atoms with Crippen molar-refractivity contribution in [2.24, 2.45) is 5.73 Å². The topological polar surface area (TPSA) is 38.5 Å². The number of hydrogen-bond acceptors (Lipinski definition) is 3. The van der Waals surface area contributed by atoms with E-state index in [0.29, 0.717) is 6.04 Å². The second-order valence-corrected chi connectivity index (χ2v) is 5.02. The Morgan fingerprint density at radius 3 is 3.11 bits per heavy atom. The lowest BCUT2D eigenvalue weighted by atomic mass is 10.1. The molecule has 1 aromatic rings. The van der Waals surface area contributed by atoms with E-state index in [4.69, 9.17) is 10.5 Å². The predicted octanol–water partition coefficient (Wildman–Crippen LogP) is 2.05. The molecule has 1 aliphatic rings. The molecule has 1 unspecified atom stereocenters. The molecule has 18 heavy (non-hydrogen) atoms. The van der Waals surface area contributed by atoms with Crippen LogP contribution in [0.1, 0.15) is 24.8 Å². The van der Waals surface area contributed by atoms with Crippen molar-refractivity contribution < 1.29 is 4.74 Å². The van der Waals surface area contributed by atoms with Crippen molar-refractivity contribution in [1.82, 2.24) is 4.90 Å². The number of ether oxygens (including phenoxy) is 1. The Hall–Kier alpha value is -1.06. The summed E-state index contributed by atoms with van der Waals surface area (Å²) in [5.41, 5.74) is 7.15. The number of nitrogens with zero attached hydrogens (tertiary/aromatic N) is 1. The molecular formula is C15H24N2O. The smallest absolute Gasteiger partial charge is 0.119 e. The van der Waals surface area contributed by atoms with Crippen LogP contribution in [0.15, 0.2) is 24.3 Å². The highest BCUT2D eigenvalue weighted by molar-refractivity contribution is 5.28. The first-order chi connectivity index (χ1) is 8.83.